The number of carbonyl (C=O) groups is 1. The van der Waals surface area contributed by atoms with E-state index in [2.05, 4.69) is 16.7 Å². The quantitative estimate of drug-likeness (QED) is 0.839. The van der Waals surface area contributed by atoms with Gasteiger partial charge in [0.15, 0.2) is 0 Å². The van der Waals surface area contributed by atoms with E-state index in [1.165, 1.54) is 11.3 Å². The Morgan fingerprint density at radius 2 is 2.17 bits per heavy atom. The predicted octanol–water partition coefficient (Wildman–Crippen LogP) is 2.02. The summed E-state index contributed by atoms with van der Waals surface area (Å²) in [6.45, 7) is 2.39. The maximum absolute atomic E-state index is 12.1. The average Bonchev–Trinajstić information content (AvgIpc) is 2.87. The molecule has 0 aromatic heterocycles. The summed E-state index contributed by atoms with van der Waals surface area (Å²) in [5.41, 5.74) is 3.40. The maximum atomic E-state index is 12.1. The van der Waals surface area contributed by atoms with Crippen LogP contribution in [0.4, 0.5) is 11.4 Å². The van der Waals surface area contributed by atoms with Gasteiger partial charge in [0.2, 0.25) is 5.91 Å². The van der Waals surface area contributed by atoms with E-state index < -0.39 is 0 Å². The molecule has 0 spiro atoms. The fourth-order valence-electron chi connectivity index (χ4n) is 2.59. The van der Waals surface area contributed by atoms with Gasteiger partial charge in [0.1, 0.15) is 0 Å². The zero-order chi connectivity index (χ0) is 12.4. The third kappa shape index (κ3) is 2.34. The van der Waals surface area contributed by atoms with Gasteiger partial charge in [-0.15, -0.1) is 0 Å². The molecule has 0 aliphatic carbocycles. The van der Waals surface area contributed by atoms with Crippen LogP contribution in [-0.2, 0) is 16.0 Å². The Kier molecular flexibility index (Phi) is 3.19. The van der Waals surface area contributed by atoms with Gasteiger partial charge in [-0.05, 0) is 43.0 Å². The van der Waals surface area contributed by atoms with Crippen molar-refractivity contribution < 1.29 is 9.53 Å². The second-order valence-electron chi connectivity index (χ2n) is 4.92. The fraction of sp³-hybridized carbons (Fsp3) is 0.500. The minimum absolute atomic E-state index is 0.102. The Morgan fingerprint density at radius 3 is 3.00 bits per heavy atom. The summed E-state index contributed by atoms with van der Waals surface area (Å²) in [7, 11) is 0. The molecule has 0 unspecified atom stereocenters. The van der Waals surface area contributed by atoms with Gasteiger partial charge < -0.3 is 15.4 Å². The average molecular weight is 246 g/mol. The fourth-order valence-corrected chi connectivity index (χ4v) is 2.59. The highest BCUT2D eigenvalue weighted by Gasteiger charge is 2.21. The van der Waals surface area contributed by atoms with Crippen molar-refractivity contribution in [3.63, 3.8) is 0 Å². The van der Waals surface area contributed by atoms with Crippen LogP contribution in [0.1, 0.15) is 18.4 Å². The third-order valence-corrected chi connectivity index (χ3v) is 3.67. The Bertz CT molecular complexity index is 453. The molecule has 2 heterocycles. The van der Waals surface area contributed by atoms with E-state index in [1.54, 1.807) is 0 Å². The Labute approximate surface area is 107 Å². The van der Waals surface area contributed by atoms with Crippen molar-refractivity contribution in [2.75, 3.05) is 30.4 Å². The van der Waals surface area contributed by atoms with Gasteiger partial charge in [0.25, 0.3) is 0 Å². The molecule has 0 radical (unpaired) electrons. The molecule has 0 saturated carbocycles. The van der Waals surface area contributed by atoms with Crippen molar-refractivity contribution >= 4 is 17.3 Å². The van der Waals surface area contributed by atoms with E-state index in [0.29, 0.717) is 13.2 Å². The number of ether oxygens (including phenoxy) is 1. The van der Waals surface area contributed by atoms with Crippen LogP contribution >= 0.6 is 0 Å². The van der Waals surface area contributed by atoms with Crippen molar-refractivity contribution in [3.8, 4) is 0 Å². The summed E-state index contributed by atoms with van der Waals surface area (Å²) in [5, 5.41) is 6.33. The zero-order valence-electron chi connectivity index (χ0n) is 10.4. The Hall–Kier alpha value is -1.55. The number of amides is 1. The lowest BCUT2D eigenvalue weighted by atomic mass is 9.99. The maximum Gasteiger partial charge on any atom is 0.227 e. The number of carbonyl (C=O) groups excluding carboxylic acids is 1. The number of anilines is 2. The van der Waals surface area contributed by atoms with Crippen molar-refractivity contribution in [1.82, 2.24) is 0 Å². The van der Waals surface area contributed by atoms with Crippen LogP contribution < -0.4 is 10.6 Å². The van der Waals surface area contributed by atoms with E-state index in [1.807, 2.05) is 12.1 Å². The molecule has 96 valence electrons. The standard InChI is InChI=1S/C14H18N2O2/c17-14(10-4-7-18-8-5-10)16-12-1-2-13-11(9-12)3-6-15-13/h1-2,9-10,15H,3-8H2,(H,16,17). The van der Waals surface area contributed by atoms with Crippen LogP contribution in [0.25, 0.3) is 0 Å². The normalized spacial score (nSPS) is 19.1. The Morgan fingerprint density at radius 1 is 1.33 bits per heavy atom. The highest BCUT2D eigenvalue weighted by atomic mass is 16.5. The molecule has 2 aliphatic heterocycles. The van der Waals surface area contributed by atoms with Crippen molar-refractivity contribution in [2.24, 2.45) is 5.92 Å². The van der Waals surface area contributed by atoms with Gasteiger partial charge in [0, 0.05) is 37.1 Å². The first-order chi connectivity index (χ1) is 8.83. The summed E-state index contributed by atoms with van der Waals surface area (Å²) in [6, 6.07) is 6.09. The van der Waals surface area contributed by atoms with Crippen LogP contribution in [0.5, 0.6) is 0 Å². The molecule has 4 nitrogen and oxygen atoms in total. The molecule has 2 aliphatic rings. The number of benzene rings is 1. The Balaban J connectivity index is 1.66. The minimum Gasteiger partial charge on any atom is -0.384 e. The van der Waals surface area contributed by atoms with Crippen molar-refractivity contribution in [3.05, 3.63) is 23.8 Å². The highest BCUT2D eigenvalue weighted by Crippen LogP contribution is 2.26. The molecule has 3 rings (SSSR count). The molecular formula is C14H18N2O2. The topological polar surface area (TPSA) is 50.4 Å². The number of fused-ring (bicyclic) bond motifs is 1. The molecule has 1 aromatic rings. The summed E-state index contributed by atoms with van der Waals surface area (Å²) in [5.74, 6) is 0.231. The van der Waals surface area contributed by atoms with Crippen LogP contribution in [0.15, 0.2) is 18.2 Å². The minimum atomic E-state index is 0.102. The van der Waals surface area contributed by atoms with Crippen LogP contribution in [0.2, 0.25) is 0 Å². The molecule has 2 N–H and O–H groups in total. The lowest BCUT2D eigenvalue weighted by molar-refractivity contribution is -0.122. The first kappa shape index (κ1) is 11.5. The molecule has 1 aromatic carbocycles. The van der Waals surface area contributed by atoms with Gasteiger partial charge >= 0.3 is 0 Å². The van der Waals surface area contributed by atoms with Crippen LogP contribution in [0.3, 0.4) is 0 Å². The molecule has 1 fully saturated rings. The lowest BCUT2D eigenvalue weighted by Gasteiger charge is -2.21. The van der Waals surface area contributed by atoms with Crippen molar-refractivity contribution in [2.45, 2.75) is 19.3 Å². The van der Waals surface area contributed by atoms with Gasteiger partial charge in [0.05, 0.1) is 0 Å². The van der Waals surface area contributed by atoms with Crippen LogP contribution in [0, 0.1) is 5.92 Å². The molecule has 1 amide bonds. The smallest absolute Gasteiger partial charge is 0.227 e. The first-order valence-electron chi connectivity index (χ1n) is 6.58. The van der Waals surface area contributed by atoms with E-state index in [-0.39, 0.29) is 11.8 Å². The van der Waals surface area contributed by atoms with Gasteiger partial charge in [-0.1, -0.05) is 0 Å². The molecule has 0 bridgehead atoms. The second kappa shape index (κ2) is 4.98. The van der Waals surface area contributed by atoms with Gasteiger partial charge in [-0.3, -0.25) is 4.79 Å². The van der Waals surface area contributed by atoms with Gasteiger partial charge in [-0.25, -0.2) is 0 Å². The number of hydrogen-bond acceptors (Lipinski definition) is 3. The second-order valence-corrected chi connectivity index (χ2v) is 4.92. The SMILES string of the molecule is O=C(Nc1ccc2c(c1)CCN2)C1CCOCC1. The number of hydrogen-bond donors (Lipinski definition) is 2. The molecule has 0 atom stereocenters. The summed E-state index contributed by atoms with van der Waals surface area (Å²) < 4.78 is 5.27. The van der Waals surface area contributed by atoms with E-state index in [9.17, 15) is 4.79 Å². The largest absolute Gasteiger partial charge is 0.384 e. The highest BCUT2D eigenvalue weighted by molar-refractivity contribution is 5.93. The molecule has 4 heteroatoms. The predicted molar refractivity (Wildman–Crippen MR) is 70.8 cm³/mol. The summed E-state index contributed by atoms with van der Waals surface area (Å²) in [4.78, 5) is 12.1. The summed E-state index contributed by atoms with van der Waals surface area (Å²) in [6.07, 6.45) is 2.70. The third-order valence-electron chi connectivity index (χ3n) is 3.67. The van der Waals surface area contributed by atoms with Gasteiger partial charge in [-0.2, -0.15) is 0 Å². The first-order valence-corrected chi connectivity index (χ1v) is 6.58. The van der Waals surface area contributed by atoms with E-state index >= 15 is 0 Å². The molecule has 18 heavy (non-hydrogen) atoms. The zero-order valence-corrected chi connectivity index (χ0v) is 10.4. The van der Waals surface area contributed by atoms with E-state index in [0.717, 1.165) is 31.5 Å². The number of nitrogens with one attached hydrogen (secondary N) is 2. The van der Waals surface area contributed by atoms with Crippen molar-refractivity contribution in [1.29, 1.82) is 0 Å². The van der Waals surface area contributed by atoms with Crippen LogP contribution in [-0.4, -0.2) is 25.7 Å². The number of rotatable bonds is 2. The van der Waals surface area contributed by atoms with E-state index in [4.69, 9.17) is 4.74 Å². The summed E-state index contributed by atoms with van der Waals surface area (Å²) >= 11 is 0. The molecule has 1 saturated heterocycles. The lowest BCUT2D eigenvalue weighted by Crippen LogP contribution is -2.28. The monoisotopic (exact) mass is 246 g/mol. The molecular weight excluding hydrogens is 228 g/mol.